The quantitative estimate of drug-likeness (QED) is 0.529. The van der Waals surface area contributed by atoms with E-state index < -0.39 is 0 Å². The number of carbonyl (C=O) groups is 2. The molecule has 0 spiro atoms. The Morgan fingerprint density at radius 2 is 1.80 bits per heavy atom. The minimum absolute atomic E-state index is 0.165. The zero-order valence-electron chi connectivity index (χ0n) is 20.7. The number of amides is 2. The van der Waals surface area contributed by atoms with Gasteiger partial charge in [-0.3, -0.25) is 14.9 Å². The van der Waals surface area contributed by atoms with Crippen LogP contribution in [-0.2, 0) is 4.79 Å². The van der Waals surface area contributed by atoms with E-state index in [0.717, 1.165) is 12.1 Å². The molecule has 2 amide bonds. The first kappa shape index (κ1) is 26.8. The van der Waals surface area contributed by atoms with E-state index in [9.17, 15) is 9.59 Å². The van der Waals surface area contributed by atoms with Gasteiger partial charge in [-0.25, -0.2) is 0 Å². The largest absolute Gasteiger partial charge is 0.494 e. The van der Waals surface area contributed by atoms with Crippen LogP contribution in [0.4, 0.5) is 11.4 Å². The first-order chi connectivity index (χ1) is 16.6. The average Bonchev–Trinajstić information content (AvgIpc) is 2.82. The summed E-state index contributed by atoms with van der Waals surface area (Å²) in [6, 6.07) is 12.5. The maximum atomic E-state index is 12.6. The third-order valence-corrected chi connectivity index (χ3v) is 6.06. The molecule has 2 aromatic carbocycles. The number of anilines is 2. The molecule has 1 fully saturated rings. The van der Waals surface area contributed by atoms with Crippen LogP contribution in [0.1, 0.15) is 44.5 Å². The SMILES string of the molecule is CCCOc1cccc(C(=O)NC(=S)Nc2ccc(N3CCN(C(=O)C(C)(C)C)CC3)c(Cl)c2)c1. The number of halogens is 1. The second kappa shape index (κ2) is 11.7. The molecular weight excluding hydrogens is 484 g/mol. The Balaban J connectivity index is 1.56. The molecule has 0 radical (unpaired) electrons. The predicted molar refractivity (Wildman–Crippen MR) is 146 cm³/mol. The number of hydrogen-bond donors (Lipinski definition) is 2. The zero-order chi connectivity index (χ0) is 25.6. The van der Waals surface area contributed by atoms with Crippen molar-refractivity contribution in [3.63, 3.8) is 0 Å². The molecule has 1 aliphatic heterocycles. The van der Waals surface area contributed by atoms with Gasteiger partial charge in [0.25, 0.3) is 5.91 Å². The molecule has 2 aromatic rings. The summed E-state index contributed by atoms with van der Waals surface area (Å²) in [6.07, 6.45) is 0.888. The van der Waals surface area contributed by atoms with Gasteiger partial charge in [-0.1, -0.05) is 45.4 Å². The van der Waals surface area contributed by atoms with Crippen molar-refractivity contribution in [2.24, 2.45) is 5.41 Å². The summed E-state index contributed by atoms with van der Waals surface area (Å²) in [4.78, 5) is 29.2. The van der Waals surface area contributed by atoms with E-state index in [1.807, 2.05) is 50.8 Å². The number of nitrogens with one attached hydrogen (secondary N) is 2. The van der Waals surface area contributed by atoms with Crippen LogP contribution in [-0.4, -0.2) is 54.6 Å². The van der Waals surface area contributed by atoms with Gasteiger partial charge < -0.3 is 19.9 Å². The van der Waals surface area contributed by atoms with Gasteiger partial charge in [0.15, 0.2) is 5.11 Å². The lowest BCUT2D eigenvalue weighted by atomic mass is 9.94. The number of hydrogen-bond acceptors (Lipinski definition) is 5. The molecule has 9 heteroatoms. The summed E-state index contributed by atoms with van der Waals surface area (Å²) >= 11 is 11.9. The molecule has 1 aliphatic rings. The fraction of sp³-hybridized carbons (Fsp3) is 0.423. The third kappa shape index (κ3) is 7.32. The highest BCUT2D eigenvalue weighted by Gasteiger charge is 2.30. The van der Waals surface area contributed by atoms with Gasteiger partial charge in [0, 0.05) is 42.8 Å². The minimum Gasteiger partial charge on any atom is -0.494 e. The van der Waals surface area contributed by atoms with Gasteiger partial charge >= 0.3 is 0 Å². The van der Waals surface area contributed by atoms with Crippen LogP contribution in [0, 0.1) is 5.41 Å². The second-order valence-corrected chi connectivity index (χ2v) is 10.3. The van der Waals surface area contributed by atoms with Crippen molar-refractivity contribution in [1.29, 1.82) is 0 Å². The number of nitrogens with zero attached hydrogens (tertiary/aromatic N) is 2. The third-order valence-electron chi connectivity index (χ3n) is 5.55. The predicted octanol–water partition coefficient (Wildman–Crippen LogP) is 4.95. The van der Waals surface area contributed by atoms with Gasteiger partial charge in [0.2, 0.25) is 5.91 Å². The number of thiocarbonyl (C=S) groups is 1. The monoisotopic (exact) mass is 516 g/mol. The molecule has 3 rings (SSSR count). The zero-order valence-corrected chi connectivity index (χ0v) is 22.3. The Morgan fingerprint density at radius 1 is 1.09 bits per heavy atom. The number of benzene rings is 2. The maximum Gasteiger partial charge on any atom is 0.257 e. The van der Waals surface area contributed by atoms with Crippen molar-refractivity contribution in [2.75, 3.05) is 43.0 Å². The summed E-state index contributed by atoms with van der Waals surface area (Å²) in [5.74, 6) is 0.484. The lowest BCUT2D eigenvalue weighted by Crippen LogP contribution is -2.51. The van der Waals surface area contributed by atoms with Crippen molar-refractivity contribution in [1.82, 2.24) is 10.2 Å². The summed E-state index contributed by atoms with van der Waals surface area (Å²) in [6.45, 7) is 11.2. The standard InChI is InChI=1S/C26H33ClN4O3S/c1-5-15-34-20-8-6-7-18(16-20)23(32)29-25(35)28-19-9-10-22(21(27)17-19)30-11-13-31(14-12-30)24(33)26(2,3)4/h6-10,16-17H,5,11-15H2,1-4H3,(H2,28,29,32,35). The fourth-order valence-electron chi connectivity index (χ4n) is 3.75. The van der Waals surface area contributed by atoms with Crippen molar-refractivity contribution in [3.05, 3.63) is 53.1 Å². The summed E-state index contributed by atoms with van der Waals surface area (Å²) < 4.78 is 5.59. The molecule has 0 atom stereocenters. The molecule has 0 unspecified atom stereocenters. The van der Waals surface area contributed by atoms with Crippen LogP contribution in [0.15, 0.2) is 42.5 Å². The molecule has 1 heterocycles. The molecule has 0 aromatic heterocycles. The Hall–Kier alpha value is -2.84. The van der Waals surface area contributed by atoms with Crippen LogP contribution in [0.5, 0.6) is 5.75 Å². The summed E-state index contributed by atoms with van der Waals surface area (Å²) in [7, 11) is 0. The number of carbonyl (C=O) groups excluding carboxylic acids is 2. The number of ether oxygens (including phenoxy) is 1. The van der Waals surface area contributed by atoms with Crippen LogP contribution < -0.4 is 20.3 Å². The average molecular weight is 517 g/mol. The molecule has 2 N–H and O–H groups in total. The van der Waals surface area contributed by atoms with Crippen molar-refractivity contribution >= 4 is 52.1 Å². The maximum absolute atomic E-state index is 12.6. The smallest absolute Gasteiger partial charge is 0.257 e. The van der Waals surface area contributed by atoms with Gasteiger partial charge in [-0.15, -0.1) is 0 Å². The molecule has 0 saturated carbocycles. The Bertz CT molecular complexity index is 1080. The first-order valence-electron chi connectivity index (χ1n) is 11.8. The van der Waals surface area contributed by atoms with E-state index >= 15 is 0 Å². The van der Waals surface area contributed by atoms with Crippen LogP contribution in [0.3, 0.4) is 0 Å². The lowest BCUT2D eigenvalue weighted by molar-refractivity contribution is -0.139. The highest BCUT2D eigenvalue weighted by Crippen LogP contribution is 2.30. The van der Waals surface area contributed by atoms with Crippen molar-refractivity contribution in [3.8, 4) is 5.75 Å². The molecule has 7 nitrogen and oxygen atoms in total. The molecule has 0 bridgehead atoms. The van der Waals surface area contributed by atoms with Crippen LogP contribution >= 0.6 is 23.8 Å². The Labute approximate surface area is 217 Å². The van der Waals surface area contributed by atoms with E-state index in [2.05, 4.69) is 15.5 Å². The van der Waals surface area contributed by atoms with Gasteiger partial charge in [0.05, 0.1) is 17.3 Å². The Morgan fingerprint density at radius 3 is 2.43 bits per heavy atom. The van der Waals surface area contributed by atoms with Crippen molar-refractivity contribution in [2.45, 2.75) is 34.1 Å². The lowest BCUT2D eigenvalue weighted by Gasteiger charge is -2.39. The van der Waals surface area contributed by atoms with Crippen LogP contribution in [0.2, 0.25) is 5.02 Å². The van der Waals surface area contributed by atoms with E-state index in [1.54, 1.807) is 24.3 Å². The van der Waals surface area contributed by atoms with Gasteiger partial charge in [-0.2, -0.15) is 0 Å². The van der Waals surface area contributed by atoms with Crippen LogP contribution in [0.25, 0.3) is 0 Å². The number of piperazine rings is 1. The minimum atomic E-state index is -0.382. The number of rotatable bonds is 6. The highest BCUT2D eigenvalue weighted by molar-refractivity contribution is 7.80. The topological polar surface area (TPSA) is 73.9 Å². The van der Waals surface area contributed by atoms with Gasteiger partial charge in [-0.05, 0) is 55.0 Å². The molecule has 188 valence electrons. The molecule has 35 heavy (non-hydrogen) atoms. The highest BCUT2D eigenvalue weighted by atomic mass is 35.5. The van der Waals surface area contributed by atoms with E-state index in [0.29, 0.717) is 54.8 Å². The second-order valence-electron chi connectivity index (χ2n) is 9.48. The molecule has 0 aliphatic carbocycles. The molecule has 1 saturated heterocycles. The van der Waals surface area contributed by atoms with Crippen molar-refractivity contribution < 1.29 is 14.3 Å². The van der Waals surface area contributed by atoms with E-state index in [4.69, 9.17) is 28.6 Å². The van der Waals surface area contributed by atoms with Gasteiger partial charge in [0.1, 0.15) is 5.75 Å². The summed E-state index contributed by atoms with van der Waals surface area (Å²) in [5, 5.41) is 6.45. The summed E-state index contributed by atoms with van der Waals surface area (Å²) in [5.41, 5.74) is 1.65. The fourth-order valence-corrected chi connectivity index (χ4v) is 4.26. The normalized spacial score (nSPS) is 13.9. The Kier molecular flexibility index (Phi) is 8.97. The van der Waals surface area contributed by atoms with E-state index in [-0.39, 0.29) is 22.3 Å². The van der Waals surface area contributed by atoms with E-state index in [1.165, 1.54) is 0 Å². The molecular formula is C26H33ClN4O3S. The first-order valence-corrected chi connectivity index (χ1v) is 12.6.